The van der Waals surface area contributed by atoms with Crippen LogP contribution in [0.3, 0.4) is 0 Å². The number of furan rings is 1. The third-order valence-electron chi connectivity index (χ3n) is 4.42. The van der Waals surface area contributed by atoms with Crippen LogP contribution in [0.2, 0.25) is 0 Å². The highest BCUT2D eigenvalue weighted by atomic mass is 16.5. The lowest BCUT2D eigenvalue weighted by atomic mass is 10.1. The molecule has 2 aromatic rings. The van der Waals surface area contributed by atoms with E-state index in [-0.39, 0.29) is 18.3 Å². The molecule has 0 bridgehead atoms. The van der Waals surface area contributed by atoms with Gasteiger partial charge in [0.2, 0.25) is 0 Å². The van der Waals surface area contributed by atoms with E-state index < -0.39 is 17.9 Å². The molecule has 0 radical (unpaired) electrons. The molecule has 0 aliphatic carbocycles. The Balaban J connectivity index is 1.48. The molecule has 1 saturated heterocycles. The second-order valence-corrected chi connectivity index (χ2v) is 6.48. The molecule has 1 unspecified atom stereocenters. The minimum atomic E-state index is -0.807. The van der Waals surface area contributed by atoms with Crippen molar-refractivity contribution in [1.82, 2.24) is 10.2 Å². The second-order valence-electron chi connectivity index (χ2n) is 6.48. The molecule has 2 heterocycles. The number of hydrogen-bond acceptors (Lipinski definition) is 5. The van der Waals surface area contributed by atoms with E-state index in [1.807, 2.05) is 4.90 Å². The van der Waals surface area contributed by atoms with Gasteiger partial charge in [-0.15, -0.1) is 0 Å². The molecule has 1 aliphatic heterocycles. The first-order valence-corrected chi connectivity index (χ1v) is 8.94. The molecule has 2 amide bonds. The zero-order chi connectivity index (χ0) is 19.2. The van der Waals surface area contributed by atoms with Crippen LogP contribution in [0.25, 0.3) is 0 Å². The fraction of sp³-hybridized carbons (Fsp3) is 0.350. The number of rotatable bonds is 6. The summed E-state index contributed by atoms with van der Waals surface area (Å²) in [6, 6.07) is 9.32. The fourth-order valence-corrected chi connectivity index (χ4v) is 2.86. The van der Waals surface area contributed by atoms with E-state index in [1.165, 1.54) is 12.3 Å². The van der Waals surface area contributed by atoms with Crippen LogP contribution in [0.1, 0.15) is 46.2 Å². The highest BCUT2D eigenvalue weighted by Crippen LogP contribution is 2.14. The molecule has 7 heteroatoms. The van der Waals surface area contributed by atoms with E-state index in [9.17, 15) is 14.4 Å². The number of nitrogens with zero attached hydrogens (tertiary/aromatic N) is 1. The van der Waals surface area contributed by atoms with Gasteiger partial charge < -0.3 is 19.4 Å². The Morgan fingerprint density at radius 2 is 1.85 bits per heavy atom. The highest BCUT2D eigenvalue weighted by molar-refractivity contribution is 5.95. The van der Waals surface area contributed by atoms with Gasteiger partial charge >= 0.3 is 5.97 Å². The Labute approximate surface area is 157 Å². The van der Waals surface area contributed by atoms with Gasteiger partial charge in [0.05, 0.1) is 6.26 Å². The number of hydrogen-bond donors (Lipinski definition) is 1. The highest BCUT2D eigenvalue weighted by Gasteiger charge is 2.20. The second kappa shape index (κ2) is 8.53. The van der Waals surface area contributed by atoms with Gasteiger partial charge in [-0.2, -0.15) is 0 Å². The van der Waals surface area contributed by atoms with E-state index in [2.05, 4.69) is 5.32 Å². The molecule has 27 heavy (non-hydrogen) atoms. The van der Waals surface area contributed by atoms with Crippen molar-refractivity contribution in [3.05, 3.63) is 59.5 Å². The van der Waals surface area contributed by atoms with E-state index in [0.29, 0.717) is 5.56 Å². The summed E-state index contributed by atoms with van der Waals surface area (Å²) in [5.74, 6) is -0.862. The summed E-state index contributed by atoms with van der Waals surface area (Å²) in [7, 11) is 0. The zero-order valence-electron chi connectivity index (χ0n) is 15.1. The van der Waals surface area contributed by atoms with Crippen LogP contribution in [0.15, 0.2) is 47.1 Å². The van der Waals surface area contributed by atoms with E-state index in [4.69, 9.17) is 9.15 Å². The topological polar surface area (TPSA) is 88.9 Å². The van der Waals surface area contributed by atoms with Crippen molar-refractivity contribution < 1.29 is 23.5 Å². The Hall–Kier alpha value is -3.09. The van der Waals surface area contributed by atoms with Crippen molar-refractivity contribution in [2.24, 2.45) is 0 Å². The third-order valence-corrected chi connectivity index (χ3v) is 4.42. The maximum atomic E-state index is 12.3. The molecule has 0 saturated carbocycles. The summed E-state index contributed by atoms with van der Waals surface area (Å²) in [6.45, 7) is 3.22. The molecule has 1 fully saturated rings. The Bertz CT molecular complexity index is 792. The first-order valence-electron chi connectivity index (χ1n) is 8.94. The maximum absolute atomic E-state index is 12.3. The van der Waals surface area contributed by atoms with Crippen LogP contribution in [0, 0.1) is 0 Å². The minimum absolute atomic E-state index is 0.0327. The van der Waals surface area contributed by atoms with Crippen LogP contribution in [0.4, 0.5) is 0 Å². The van der Waals surface area contributed by atoms with Crippen LogP contribution < -0.4 is 5.32 Å². The first-order chi connectivity index (χ1) is 13.0. The Morgan fingerprint density at radius 1 is 1.15 bits per heavy atom. The predicted molar refractivity (Wildman–Crippen MR) is 97.0 cm³/mol. The molecule has 1 N–H and O–H groups in total. The van der Waals surface area contributed by atoms with Crippen LogP contribution in [0.5, 0.6) is 0 Å². The predicted octanol–water partition coefficient (Wildman–Crippen LogP) is 2.38. The summed E-state index contributed by atoms with van der Waals surface area (Å²) >= 11 is 0. The standard InChI is InChI=1S/C20H22N2O5/c1-14(21-18(23)17-5-4-12-26-17)20(25)27-13-15-6-8-16(9-7-15)19(24)22-10-2-3-11-22/h4-9,12,14H,2-3,10-11,13H2,1H3,(H,21,23). The number of ether oxygens (including phenoxy) is 1. The molecule has 7 nitrogen and oxygen atoms in total. The summed E-state index contributed by atoms with van der Waals surface area (Å²) in [5.41, 5.74) is 1.40. The van der Waals surface area contributed by atoms with Gasteiger partial charge in [-0.1, -0.05) is 12.1 Å². The number of benzene rings is 1. The number of carbonyl (C=O) groups excluding carboxylic acids is 3. The fourth-order valence-electron chi connectivity index (χ4n) is 2.86. The molecule has 0 spiro atoms. The van der Waals surface area contributed by atoms with Crippen molar-refractivity contribution in [3.8, 4) is 0 Å². The van der Waals surface area contributed by atoms with Gasteiger partial charge in [-0.05, 0) is 49.6 Å². The molecular weight excluding hydrogens is 348 g/mol. The molecule has 1 aliphatic rings. The Kier molecular flexibility index (Phi) is 5.90. The first kappa shape index (κ1) is 18.7. The van der Waals surface area contributed by atoms with Crippen molar-refractivity contribution >= 4 is 17.8 Å². The lowest BCUT2D eigenvalue weighted by molar-refractivity contribution is -0.146. The Morgan fingerprint density at radius 3 is 2.48 bits per heavy atom. The van der Waals surface area contributed by atoms with Crippen LogP contribution in [-0.4, -0.2) is 41.8 Å². The van der Waals surface area contributed by atoms with E-state index in [0.717, 1.165) is 31.5 Å². The van der Waals surface area contributed by atoms with Gasteiger partial charge in [0, 0.05) is 18.7 Å². The maximum Gasteiger partial charge on any atom is 0.328 e. The van der Waals surface area contributed by atoms with Crippen molar-refractivity contribution in [2.45, 2.75) is 32.4 Å². The van der Waals surface area contributed by atoms with E-state index >= 15 is 0 Å². The SMILES string of the molecule is CC(NC(=O)c1ccco1)C(=O)OCc1ccc(C(=O)N2CCCC2)cc1. The molecule has 1 atom stereocenters. The molecule has 1 aromatic carbocycles. The van der Waals surface area contributed by atoms with Crippen molar-refractivity contribution in [1.29, 1.82) is 0 Å². The van der Waals surface area contributed by atoms with Crippen molar-refractivity contribution in [2.75, 3.05) is 13.1 Å². The average molecular weight is 370 g/mol. The van der Waals surface area contributed by atoms with Crippen LogP contribution >= 0.6 is 0 Å². The van der Waals surface area contributed by atoms with Crippen LogP contribution in [-0.2, 0) is 16.1 Å². The average Bonchev–Trinajstić information content (AvgIpc) is 3.39. The summed E-state index contributed by atoms with van der Waals surface area (Å²) in [4.78, 5) is 38.1. The lowest BCUT2D eigenvalue weighted by Crippen LogP contribution is -2.39. The molecule has 3 rings (SSSR count). The normalized spacial score (nSPS) is 14.6. The zero-order valence-corrected chi connectivity index (χ0v) is 15.1. The van der Waals surface area contributed by atoms with Gasteiger partial charge in [0.1, 0.15) is 12.6 Å². The number of carbonyl (C=O) groups is 3. The van der Waals surface area contributed by atoms with E-state index in [1.54, 1.807) is 37.3 Å². The number of likely N-dealkylation sites (tertiary alicyclic amines) is 1. The number of esters is 1. The summed E-state index contributed by atoms with van der Waals surface area (Å²) < 4.78 is 10.2. The molecular formula is C20H22N2O5. The van der Waals surface area contributed by atoms with Gasteiger partial charge in [0.25, 0.3) is 11.8 Å². The quantitative estimate of drug-likeness (QED) is 0.789. The third kappa shape index (κ3) is 4.75. The number of amides is 2. The molecule has 142 valence electrons. The number of nitrogens with one attached hydrogen (secondary N) is 1. The van der Waals surface area contributed by atoms with Gasteiger partial charge in [-0.25, -0.2) is 4.79 Å². The summed E-state index contributed by atoms with van der Waals surface area (Å²) in [5, 5.41) is 2.52. The largest absolute Gasteiger partial charge is 0.459 e. The summed E-state index contributed by atoms with van der Waals surface area (Å²) in [6.07, 6.45) is 3.48. The van der Waals surface area contributed by atoms with Gasteiger partial charge in [0.15, 0.2) is 5.76 Å². The van der Waals surface area contributed by atoms with Crippen molar-refractivity contribution in [3.63, 3.8) is 0 Å². The molecule has 1 aromatic heterocycles. The monoisotopic (exact) mass is 370 g/mol. The smallest absolute Gasteiger partial charge is 0.328 e. The lowest BCUT2D eigenvalue weighted by Gasteiger charge is -2.15. The van der Waals surface area contributed by atoms with Gasteiger partial charge in [-0.3, -0.25) is 9.59 Å². The minimum Gasteiger partial charge on any atom is -0.459 e.